The number of hydrogen-bond acceptors (Lipinski definition) is 3. The van der Waals surface area contributed by atoms with Crippen LogP contribution in [0.25, 0.3) is 0 Å². The molecule has 1 N–H and O–H groups in total. The van der Waals surface area contributed by atoms with Crippen molar-refractivity contribution >= 4 is 5.69 Å². The van der Waals surface area contributed by atoms with Crippen LogP contribution >= 0.6 is 0 Å². The normalized spacial score (nSPS) is 20.9. The second-order valence-electron chi connectivity index (χ2n) is 4.10. The van der Waals surface area contributed by atoms with Crippen LogP contribution in [0.15, 0.2) is 18.2 Å². The van der Waals surface area contributed by atoms with Crippen molar-refractivity contribution in [1.82, 2.24) is 5.32 Å². The number of hydrogen-bond donors (Lipinski definition) is 1. The number of anilines is 1. The zero-order valence-corrected chi connectivity index (χ0v) is 9.66. The fraction of sp³-hybridized carbons (Fsp3) is 0.500. The summed E-state index contributed by atoms with van der Waals surface area (Å²) in [5, 5.41) is 3.31. The highest BCUT2D eigenvalue weighted by Crippen LogP contribution is 2.25. The van der Waals surface area contributed by atoms with Gasteiger partial charge in [0.05, 0.1) is 7.11 Å². The Bertz CT molecular complexity index is 370. The van der Waals surface area contributed by atoms with Gasteiger partial charge < -0.3 is 15.0 Å². The predicted octanol–water partition coefficient (Wildman–Crippen LogP) is 1.63. The van der Waals surface area contributed by atoms with Gasteiger partial charge in [-0.15, -0.1) is 0 Å². The molecule has 1 atom stereocenters. The third-order valence-electron chi connectivity index (χ3n) is 2.92. The molecule has 1 aromatic rings. The maximum atomic E-state index is 13.4. The molecule has 0 aliphatic carbocycles. The van der Waals surface area contributed by atoms with Crippen molar-refractivity contribution in [3.05, 3.63) is 24.0 Å². The molecule has 1 heterocycles. The van der Waals surface area contributed by atoms with E-state index in [4.69, 9.17) is 4.74 Å². The Labute approximate surface area is 95.2 Å². The molecule has 3 nitrogen and oxygen atoms in total. The molecular weight excluding hydrogens is 207 g/mol. The van der Waals surface area contributed by atoms with Crippen molar-refractivity contribution in [3.63, 3.8) is 0 Å². The number of halogens is 1. The summed E-state index contributed by atoms with van der Waals surface area (Å²) in [5.74, 6) is 0.320. The Kier molecular flexibility index (Phi) is 3.29. The molecule has 0 aromatic heterocycles. The summed E-state index contributed by atoms with van der Waals surface area (Å²) < 4.78 is 18.5. The van der Waals surface area contributed by atoms with E-state index in [1.807, 2.05) is 6.07 Å². The Morgan fingerprint density at radius 3 is 2.94 bits per heavy atom. The molecule has 0 radical (unpaired) electrons. The van der Waals surface area contributed by atoms with Crippen LogP contribution in [-0.2, 0) is 0 Å². The molecule has 1 aromatic carbocycles. The lowest BCUT2D eigenvalue weighted by molar-refractivity contribution is 0.410. The van der Waals surface area contributed by atoms with Gasteiger partial charge in [0, 0.05) is 43.5 Å². The van der Waals surface area contributed by atoms with Crippen LogP contribution in [0.5, 0.6) is 5.75 Å². The lowest BCUT2D eigenvalue weighted by Gasteiger charge is -2.36. The Hall–Kier alpha value is -1.29. The first kappa shape index (κ1) is 11.2. The minimum absolute atomic E-state index is 0.250. The standard InChI is InChI=1S/C12H17FN2O/c1-9-8-14-3-4-15(9)11-5-10(13)6-12(7-11)16-2/h5-7,9,14H,3-4,8H2,1-2H3. The lowest BCUT2D eigenvalue weighted by atomic mass is 10.1. The van der Waals surface area contributed by atoms with Gasteiger partial charge in [0.15, 0.2) is 0 Å². The van der Waals surface area contributed by atoms with Gasteiger partial charge in [-0.3, -0.25) is 0 Å². The zero-order chi connectivity index (χ0) is 11.5. The number of nitrogens with zero attached hydrogens (tertiary/aromatic N) is 1. The van der Waals surface area contributed by atoms with Crippen LogP contribution in [0.1, 0.15) is 6.92 Å². The molecule has 4 heteroatoms. The number of ether oxygens (including phenoxy) is 1. The zero-order valence-electron chi connectivity index (χ0n) is 9.66. The second kappa shape index (κ2) is 4.70. The van der Waals surface area contributed by atoms with E-state index in [0.29, 0.717) is 11.8 Å². The average molecular weight is 224 g/mol. The SMILES string of the molecule is COc1cc(F)cc(N2CCNCC2C)c1. The molecule has 0 amide bonds. The van der Waals surface area contributed by atoms with Crippen molar-refractivity contribution in [2.24, 2.45) is 0 Å². The molecule has 1 fully saturated rings. The molecule has 1 unspecified atom stereocenters. The van der Waals surface area contributed by atoms with Crippen LogP contribution < -0.4 is 15.0 Å². The number of benzene rings is 1. The summed E-state index contributed by atoms with van der Waals surface area (Å²) in [6.07, 6.45) is 0. The van der Waals surface area contributed by atoms with E-state index in [0.717, 1.165) is 25.3 Å². The van der Waals surface area contributed by atoms with Crippen molar-refractivity contribution in [3.8, 4) is 5.75 Å². The topological polar surface area (TPSA) is 24.5 Å². The second-order valence-corrected chi connectivity index (χ2v) is 4.10. The van der Waals surface area contributed by atoms with Gasteiger partial charge in [-0.2, -0.15) is 0 Å². The molecule has 88 valence electrons. The highest BCUT2D eigenvalue weighted by Gasteiger charge is 2.19. The summed E-state index contributed by atoms with van der Waals surface area (Å²) in [4.78, 5) is 2.20. The van der Waals surface area contributed by atoms with Crippen LogP contribution in [0.2, 0.25) is 0 Å². The molecule has 0 bridgehead atoms. The maximum absolute atomic E-state index is 13.4. The predicted molar refractivity (Wildman–Crippen MR) is 62.6 cm³/mol. The molecule has 2 rings (SSSR count). The van der Waals surface area contributed by atoms with Crippen molar-refractivity contribution in [2.75, 3.05) is 31.6 Å². The molecule has 1 saturated heterocycles. The van der Waals surface area contributed by atoms with Crippen LogP contribution in [0.3, 0.4) is 0 Å². The van der Waals surface area contributed by atoms with Gasteiger partial charge in [0.2, 0.25) is 0 Å². The van der Waals surface area contributed by atoms with E-state index in [9.17, 15) is 4.39 Å². The molecule has 1 aliphatic rings. The Morgan fingerprint density at radius 2 is 2.25 bits per heavy atom. The third-order valence-corrected chi connectivity index (χ3v) is 2.92. The molecule has 16 heavy (non-hydrogen) atoms. The van der Waals surface area contributed by atoms with E-state index in [2.05, 4.69) is 17.1 Å². The van der Waals surface area contributed by atoms with E-state index in [-0.39, 0.29) is 5.82 Å². The summed E-state index contributed by atoms with van der Waals surface area (Å²) >= 11 is 0. The van der Waals surface area contributed by atoms with E-state index >= 15 is 0 Å². The largest absolute Gasteiger partial charge is 0.497 e. The van der Waals surface area contributed by atoms with E-state index < -0.39 is 0 Å². The van der Waals surface area contributed by atoms with E-state index in [1.165, 1.54) is 6.07 Å². The Balaban J connectivity index is 2.27. The number of methoxy groups -OCH3 is 1. The van der Waals surface area contributed by atoms with Gasteiger partial charge in [-0.05, 0) is 13.0 Å². The first-order valence-corrected chi connectivity index (χ1v) is 5.52. The van der Waals surface area contributed by atoms with Crippen molar-refractivity contribution in [2.45, 2.75) is 13.0 Å². The fourth-order valence-electron chi connectivity index (χ4n) is 2.06. The van der Waals surface area contributed by atoms with Crippen molar-refractivity contribution in [1.29, 1.82) is 0 Å². The summed E-state index contributed by atoms with van der Waals surface area (Å²) in [6.45, 7) is 4.89. The average Bonchev–Trinajstić information content (AvgIpc) is 2.28. The summed E-state index contributed by atoms with van der Waals surface area (Å²) in [7, 11) is 1.56. The lowest BCUT2D eigenvalue weighted by Crippen LogP contribution is -2.49. The minimum atomic E-state index is -0.250. The maximum Gasteiger partial charge on any atom is 0.128 e. The summed E-state index contributed by atoms with van der Waals surface area (Å²) in [5.41, 5.74) is 0.894. The van der Waals surface area contributed by atoms with Gasteiger partial charge in [-0.1, -0.05) is 0 Å². The van der Waals surface area contributed by atoms with Gasteiger partial charge in [-0.25, -0.2) is 4.39 Å². The van der Waals surface area contributed by atoms with E-state index in [1.54, 1.807) is 13.2 Å². The molecule has 0 saturated carbocycles. The number of rotatable bonds is 2. The highest BCUT2D eigenvalue weighted by molar-refractivity contribution is 5.52. The Morgan fingerprint density at radius 1 is 1.44 bits per heavy atom. The van der Waals surface area contributed by atoms with Crippen LogP contribution in [-0.4, -0.2) is 32.8 Å². The smallest absolute Gasteiger partial charge is 0.128 e. The molecule has 0 spiro atoms. The highest BCUT2D eigenvalue weighted by atomic mass is 19.1. The quantitative estimate of drug-likeness (QED) is 0.826. The first-order valence-electron chi connectivity index (χ1n) is 5.52. The van der Waals surface area contributed by atoms with Crippen LogP contribution in [0, 0.1) is 5.82 Å². The number of nitrogens with one attached hydrogen (secondary N) is 1. The van der Waals surface area contributed by atoms with Gasteiger partial charge in [0.25, 0.3) is 0 Å². The number of piperazine rings is 1. The third kappa shape index (κ3) is 2.27. The minimum Gasteiger partial charge on any atom is -0.497 e. The molecular formula is C12H17FN2O. The molecule has 1 aliphatic heterocycles. The fourth-order valence-corrected chi connectivity index (χ4v) is 2.06. The van der Waals surface area contributed by atoms with Gasteiger partial charge >= 0.3 is 0 Å². The van der Waals surface area contributed by atoms with Gasteiger partial charge in [0.1, 0.15) is 11.6 Å². The first-order chi connectivity index (χ1) is 7.70. The summed E-state index contributed by atoms with van der Waals surface area (Å²) in [6, 6.07) is 5.21. The monoisotopic (exact) mass is 224 g/mol. The van der Waals surface area contributed by atoms with Crippen molar-refractivity contribution < 1.29 is 9.13 Å². The van der Waals surface area contributed by atoms with Crippen LogP contribution in [0.4, 0.5) is 10.1 Å².